The number of rotatable bonds is 3. The van der Waals surface area contributed by atoms with E-state index in [0.29, 0.717) is 23.0 Å². The van der Waals surface area contributed by atoms with E-state index in [9.17, 15) is 5.11 Å². The highest BCUT2D eigenvalue weighted by atomic mass is 32.1. The van der Waals surface area contributed by atoms with Crippen molar-refractivity contribution in [2.45, 2.75) is 115 Å². The van der Waals surface area contributed by atoms with Crippen LogP contribution in [-0.2, 0) is 6.42 Å². The second-order valence-electron chi connectivity index (χ2n) is 10.4. The van der Waals surface area contributed by atoms with Gasteiger partial charge in [-0.25, -0.2) is 0 Å². The van der Waals surface area contributed by atoms with Crippen LogP contribution in [0.25, 0.3) is 0 Å². The predicted octanol–water partition coefficient (Wildman–Crippen LogP) is 5.02. The van der Waals surface area contributed by atoms with Crippen molar-refractivity contribution < 1.29 is 5.11 Å². The predicted molar refractivity (Wildman–Crippen MR) is 139 cm³/mol. The zero-order valence-electron chi connectivity index (χ0n) is 18.4. The van der Waals surface area contributed by atoms with Gasteiger partial charge in [0.05, 0.1) is 12.3 Å². The first-order chi connectivity index (χ1) is 14.3. The average Bonchev–Trinajstić information content (AvgIpc) is 3.36. The van der Waals surface area contributed by atoms with Gasteiger partial charge in [0, 0.05) is 17.3 Å². The molecule has 5 rings (SSSR count). The molecule has 4 aliphatic carbocycles. The normalized spacial score (nSPS) is 38.3. The molecular weight excluding hydrogens is 416 g/mol. The van der Waals surface area contributed by atoms with Gasteiger partial charge in [-0.2, -0.15) is 17.7 Å². The van der Waals surface area contributed by atoms with Crippen molar-refractivity contribution in [2.75, 3.05) is 0 Å². The van der Waals surface area contributed by atoms with E-state index in [1.807, 2.05) is 12.4 Å². The van der Waals surface area contributed by atoms with Gasteiger partial charge in [0.2, 0.25) is 0 Å². The van der Waals surface area contributed by atoms with E-state index in [2.05, 4.69) is 35.8 Å². The number of nitrogens with two attached hydrogens (primary N) is 2. The van der Waals surface area contributed by atoms with Crippen molar-refractivity contribution in [2.24, 2.45) is 29.2 Å². The van der Waals surface area contributed by atoms with Crippen molar-refractivity contribution in [1.29, 1.82) is 0 Å². The van der Waals surface area contributed by atoms with Gasteiger partial charge in [0.25, 0.3) is 0 Å². The minimum absolute atomic E-state index is 0. The number of aryl methyl sites for hydroxylation is 1. The van der Waals surface area contributed by atoms with Crippen molar-refractivity contribution in [1.82, 2.24) is 10.2 Å². The largest absolute Gasteiger partial charge is 0.393 e. The van der Waals surface area contributed by atoms with Crippen LogP contribution in [0.3, 0.4) is 0 Å². The summed E-state index contributed by atoms with van der Waals surface area (Å²) in [5.41, 5.74) is 16.2. The minimum Gasteiger partial charge on any atom is -0.393 e. The molecule has 5 nitrogen and oxygen atoms in total. The molecule has 0 aromatic carbocycles. The number of nitrogens with one attached hydrogen (secondary N) is 1. The summed E-state index contributed by atoms with van der Waals surface area (Å²) < 4.78 is 0. The highest BCUT2D eigenvalue weighted by Crippen LogP contribution is 2.57. The number of thiol groups is 1. The van der Waals surface area contributed by atoms with Crippen molar-refractivity contribution >= 4 is 12.6 Å². The Hall–Kier alpha value is -0.820. The Labute approximate surface area is 201 Å². The number of aliphatic hydroxyl groups excluding tert-OH is 1. The number of hydrogen-bond acceptors (Lipinski definition) is 5. The molecule has 4 aliphatic rings. The summed E-state index contributed by atoms with van der Waals surface area (Å²) in [5, 5.41) is 17.0. The van der Waals surface area contributed by atoms with Crippen LogP contribution in [0.1, 0.15) is 91.5 Å². The molecule has 32 heavy (non-hydrogen) atoms. The third-order valence-corrected chi connectivity index (χ3v) is 8.76. The van der Waals surface area contributed by atoms with Crippen molar-refractivity contribution in [3.8, 4) is 0 Å². The lowest BCUT2D eigenvalue weighted by Crippen LogP contribution is -2.62. The minimum atomic E-state index is -0.168. The summed E-state index contributed by atoms with van der Waals surface area (Å²) in [7, 11) is 0. The van der Waals surface area contributed by atoms with Crippen LogP contribution in [0.4, 0.5) is 0 Å². The number of allylic oxidation sites excluding steroid dienone is 1. The highest BCUT2D eigenvalue weighted by Gasteiger charge is 2.56. The van der Waals surface area contributed by atoms with Gasteiger partial charge in [-0.3, -0.25) is 5.10 Å². The maximum atomic E-state index is 9.93. The number of aromatic amines is 1. The van der Waals surface area contributed by atoms with Crippen LogP contribution in [-0.4, -0.2) is 37.7 Å². The van der Waals surface area contributed by atoms with Crippen LogP contribution < -0.4 is 11.5 Å². The van der Waals surface area contributed by atoms with Gasteiger partial charge in [-0.1, -0.05) is 39.8 Å². The Bertz CT molecular complexity index is 736. The Morgan fingerprint density at radius 2 is 1.97 bits per heavy atom. The molecule has 7 unspecified atom stereocenters. The first kappa shape index (κ1) is 27.4. The maximum absolute atomic E-state index is 9.93. The first-order valence-corrected chi connectivity index (χ1v) is 12.4. The standard InChI is InChI=1S/C17H28N2O.C7H12N2S.2CH4/c18-16-7-1-2-14(16)13-4-3-11-10-12(20)5-9-17(11,19)15(13)6-8-16;1-6(10)2-3-7-4-8-9-5-7;;/h3,12-15,20H,1-2,4-10,18-19H2;4-6,10H,2-3H2,1H3,(H,8,9);2*1H4. The number of hydrogen-bond donors (Lipinski definition) is 5. The van der Waals surface area contributed by atoms with E-state index in [-0.39, 0.29) is 32.0 Å². The third kappa shape index (κ3) is 5.45. The lowest BCUT2D eigenvalue weighted by Gasteiger charge is -2.56. The van der Waals surface area contributed by atoms with Gasteiger partial charge < -0.3 is 16.6 Å². The fourth-order valence-corrected chi connectivity index (χ4v) is 6.97. The van der Waals surface area contributed by atoms with Crippen LogP contribution >= 0.6 is 12.6 Å². The topological polar surface area (TPSA) is 101 Å². The van der Waals surface area contributed by atoms with E-state index in [0.717, 1.165) is 44.9 Å². The number of aromatic nitrogens is 2. The maximum Gasteiger partial charge on any atom is 0.0578 e. The molecule has 0 radical (unpaired) electrons. The Kier molecular flexibility index (Phi) is 9.49. The van der Waals surface area contributed by atoms with Gasteiger partial charge >= 0.3 is 0 Å². The van der Waals surface area contributed by atoms with Crippen LogP contribution in [0.15, 0.2) is 24.0 Å². The molecule has 1 aromatic rings. The fourth-order valence-electron chi connectivity index (χ4n) is 6.84. The lowest BCUT2D eigenvalue weighted by atomic mass is 9.52. The van der Waals surface area contributed by atoms with E-state index in [1.54, 1.807) is 0 Å². The number of aliphatic hydroxyl groups is 1. The molecule has 0 aliphatic heterocycles. The zero-order chi connectivity index (χ0) is 21.4. The molecule has 0 bridgehead atoms. The molecule has 0 amide bonds. The van der Waals surface area contributed by atoms with E-state index in [1.165, 1.54) is 36.8 Å². The monoisotopic (exact) mass is 464 g/mol. The summed E-state index contributed by atoms with van der Waals surface area (Å²) in [6.07, 6.45) is 18.1. The summed E-state index contributed by atoms with van der Waals surface area (Å²) in [5.74, 6) is 1.99. The molecule has 1 heterocycles. The Morgan fingerprint density at radius 3 is 2.66 bits per heavy atom. The third-order valence-electron chi connectivity index (χ3n) is 8.50. The molecule has 6 heteroatoms. The number of H-pyrrole nitrogens is 1. The number of fused-ring (bicyclic) bond motifs is 5. The van der Waals surface area contributed by atoms with Crippen molar-refractivity contribution in [3.63, 3.8) is 0 Å². The van der Waals surface area contributed by atoms with E-state index >= 15 is 0 Å². The quantitative estimate of drug-likeness (QED) is 0.320. The SMILES string of the molecule is C.C.CC(S)CCc1cn[nH]c1.NC12CCCC1C1CC=C3CC(O)CCC3(N)C1CC2. The van der Waals surface area contributed by atoms with Gasteiger partial charge in [-0.15, -0.1) is 0 Å². The number of nitrogens with zero attached hydrogens (tertiary/aromatic N) is 1. The molecule has 184 valence electrons. The highest BCUT2D eigenvalue weighted by molar-refractivity contribution is 7.80. The smallest absolute Gasteiger partial charge is 0.0578 e. The van der Waals surface area contributed by atoms with Crippen molar-refractivity contribution in [3.05, 3.63) is 29.6 Å². The van der Waals surface area contributed by atoms with E-state index in [4.69, 9.17) is 11.5 Å². The molecule has 6 N–H and O–H groups in total. The van der Waals surface area contributed by atoms with E-state index < -0.39 is 0 Å². The summed E-state index contributed by atoms with van der Waals surface area (Å²) >= 11 is 4.28. The second kappa shape index (κ2) is 11.1. The van der Waals surface area contributed by atoms with Crippen LogP contribution in [0.2, 0.25) is 0 Å². The molecule has 7 atom stereocenters. The van der Waals surface area contributed by atoms with Gasteiger partial charge in [0.15, 0.2) is 0 Å². The molecule has 0 saturated heterocycles. The average molecular weight is 465 g/mol. The molecule has 1 aromatic heterocycles. The molecule has 3 fully saturated rings. The lowest BCUT2D eigenvalue weighted by molar-refractivity contribution is 0.0174. The fraction of sp³-hybridized carbons (Fsp3) is 0.808. The van der Waals surface area contributed by atoms with Crippen LogP contribution in [0, 0.1) is 17.8 Å². The Balaban J connectivity index is 0.000000261. The van der Waals surface area contributed by atoms with Gasteiger partial charge in [0.1, 0.15) is 0 Å². The second-order valence-corrected chi connectivity index (χ2v) is 11.3. The molecule has 3 saturated carbocycles. The van der Waals surface area contributed by atoms with Gasteiger partial charge in [-0.05, 0) is 92.8 Å². The summed E-state index contributed by atoms with van der Waals surface area (Å²) in [6.45, 7) is 2.10. The van der Waals surface area contributed by atoms with Crippen LogP contribution in [0.5, 0.6) is 0 Å². The first-order valence-electron chi connectivity index (χ1n) is 11.9. The molecule has 0 spiro atoms. The zero-order valence-corrected chi connectivity index (χ0v) is 19.3. The summed E-state index contributed by atoms with van der Waals surface area (Å²) in [4.78, 5) is 0. The Morgan fingerprint density at radius 1 is 1.19 bits per heavy atom. The summed E-state index contributed by atoms with van der Waals surface area (Å²) in [6, 6.07) is 0. The molecular formula is C26H48N4OS.